The Labute approximate surface area is 190 Å². The molecule has 5 heteroatoms. The molecule has 3 nitrogen and oxygen atoms in total. The Morgan fingerprint density at radius 3 is 2.84 bits per heavy atom. The number of halogens is 1. The summed E-state index contributed by atoms with van der Waals surface area (Å²) in [5.74, 6) is -0.0206. The van der Waals surface area contributed by atoms with E-state index in [0.717, 1.165) is 25.7 Å². The molecule has 1 aliphatic rings. The van der Waals surface area contributed by atoms with E-state index in [-0.39, 0.29) is 11.8 Å². The lowest BCUT2D eigenvalue weighted by Gasteiger charge is -2.33. The van der Waals surface area contributed by atoms with Crippen molar-refractivity contribution in [3.63, 3.8) is 0 Å². The molecule has 4 aromatic rings. The molecule has 3 heterocycles. The van der Waals surface area contributed by atoms with Crippen LogP contribution in [0.1, 0.15) is 27.5 Å². The Morgan fingerprint density at radius 2 is 2.00 bits per heavy atom. The van der Waals surface area contributed by atoms with E-state index in [1.807, 2.05) is 17.3 Å². The second kappa shape index (κ2) is 7.95. The zero-order chi connectivity index (χ0) is 21.5. The van der Waals surface area contributed by atoms with Crippen LogP contribution in [-0.2, 0) is 11.3 Å². The number of nitrogens with zero attached hydrogens (tertiary/aromatic N) is 2. The molecule has 1 atom stereocenters. The average molecular weight is 445 g/mol. The number of hydrogen-bond acceptors (Lipinski definition) is 3. The van der Waals surface area contributed by atoms with Crippen LogP contribution >= 0.6 is 22.9 Å². The SMILES string of the molecule is C=CC(=O)N1Cc2sc(Cl)cc2[C@@H](c2ccccc2-c2cncc3ccc(C)cc23)C1. The molecule has 0 aliphatic carbocycles. The highest BCUT2D eigenvalue weighted by molar-refractivity contribution is 7.16. The highest BCUT2D eigenvalue weighted by Gasteiger charge is 2.31. The highest BCUT2D eigenvalue weighted by Crippen LogP contribution is 2.43. The summed E-state index contributed by atoms with van der Waals surface area (Å²) >= 11 is 7.95. The second-order valence-corrected chi connectivity index (χ2v) is 9.67. The Balaban J connectivity index is 1.71. The number of aryl methyl sites for hydroxylation is 1. The molecule has 1 aliphatic heterocycles. The van der Waals surface area contributed by atoms with Crippen LogP contribution < -0.4 is 0 Å². The van der Waals surface area contributed by atoms with E-state index in [9.17, 15) is 4.79 Å². The van der Waals surface area contributed by atoms with Gasteiger partial charge in [0, 0.05) is 40.7 Å². The van der Waals surface area contributed by atoms with Gasteiger partial charge in [-0.1, -0.05) is 66.2 Å². The number of carbonyl (C=O) groups excluding carboxylic acids is 1. The summed E-state index contributed by atoms with van der Waals surface area (Å²) < 4.78 is 0.753. The molecule has 0 saturated carbocycles. The van der Waals surface area contributed by atoms with Gasteiger partial charge < -0.3 is 4.90 Å². The van der Waals surface area contributed by atoms with Gasteiger partial charge in [0.2, 0.25) is 5.91 Å². The van der Waals surface area contributed by atoms with E-state index in [0.29, 0.717) is 13.1 Å². The standard InChI is InChI=1S/C26H21ClN2OS/c1-3-26(30)29-14-23(21-11-25(27)31-24(21)15-29)19-7-5-4-6-18(19)22-13-28-12-17-9-8-16(2)10-20(17)22/h3-13,23H,1,14-15H2,2H3/t23-/m1/s1. The van der Waals surface area contributed by atoms with Gasteiger partial charge in [-0.25, -0.2) is 0 Å². The van der Waals surface area contributed by atoms with Gasteiger partial charge >= 0.3 is 0 Å². The first kappa shape index (κ1) is 20.0. The van der Waals surface area contributed by atoms with Crippen molar-refractivity contribution >= 4 is 39.6 Å². The Bertz CT molecular complexity index is 1330. The molecule has 0 fully saturated rings. The predicted octanol–water partition coefficient (Wildman–Crippen LogP) is 6.59. The molecule has 0 N–H and O–H groups in total. The first-order valence-electron chi connectivity index (χ1n) is 10.2. The maximum atomic E-state index is 12.5. The maximum Gasteiger partial charge on any atom is 0.246 e. The fourth-order valence-electron chi connectivity index (χ4n) is 4.49. The van der Waals surface area contributed by atoms with Crippen molar-refractivity contribution in [2.75, 3.05) is 6.54 Å². The third-order valence-electron chi connectivity index (χ3n) is 5.95. The third kappa shape index (κ3) is 3.56. The van der Waals surface area contributed by atoms with Gasteiger partial charge in [-0.3, -0.25) is 9.78 Å². The molecule has 0 saturated heterocycles. The molecule has 0 bridgehead atoms. The fraction of sp³-hybridized carbons (Fsp3) is 0.154. The zero-order valence-corrected chi connectivity index (χ0v) is 18.7. The Kier molecular flexibility index (Phi) is 5.12. The summed E-state index contributed by atoms with van der Waals surface area (Å²) in [5.41, 5.74) is 5.84. The van der Waals surface area contributed by atoms with Crippen LogP contribution in [0.25, 0.3) is 21.9 Å². The number of benzene rings is 2. The van der Waals surface area contributed by atoms with Crippen LogP contribution in [0.3, 0.4) is 0 Å². The van der Waals surface area contributed by atoms with Crippen molar-refractivity contribution in [1.82, 2.24) is 9.88 Å². The number of hydrogen-bond donors (Lipinski definition) is 0. The Hall–Kier alpha value is -2.95. The van der Waals surface area contributed by atoms with Crippen LogP contribution in [-0.4, -0.2) is 22.3 Å². The minimum Gasteiger partial charge on any atom is -0.333 e. The molecule has 5 rings (SSSR count). The highest BCUT2D eigenvalue weighted by atomic mass is 35.5. The van der Waals surface area contributed by atoms with E-state index in [4.69, 9.17) is 11.6 Å². The summed E-state index contributed by atoms with van der Waals surface area (Å²) in [4.78, 5) is 20.0. The number of rotatable bonds is 3. The van der Waals surface area contributed by atoms with E-state index >= 15 is 0 Å². The average Bonchev–Trinajstić information content (AvgIpc) is 3.17. The fourth-order valence-corrected chi connectivity index (χ4v) is 5.84. The summed E-state index contributed by atoms with van der Waals surface area (Å²) in [5, 5.41) is 2.30. The summed E-state index contributed by atoms with van der Waals surface area (Å²) in [7, 11) is 0. The molecule has 0 radical (unpaired) electrons. The number of aromatic nitrogens is 1. The third-order valence-corrected chi connectivity index (χ3v) is 7.22. The van der Waals surface area contributed by atoms with Gasteiger partial charge in [0.25, 0.3) is 0 Å². The van der Waals surface area contributed by atoms with Crippen LogP contribution in [0.5, 0.6) is 0 Å². The van der Waals surface area contributed by atoms with Gasteiger partial charge in [0.15, 0.2) is 0 Å². The van der Waals surface area contributed by atoms with E-state index in [1.54, 1.807) is 11.3 Å². The smallest absolute Gasteiger partial charge is 0.246 e. The minimum atomic E-state index is -0.0555. The number of pyridine rings is 1. The molecular formula is C26H21ClN2OS. The summed E-state index contributed by atoms with van der Waals surface area (Å²) in [6.45, 7) is 6.96. The quantitative estimate of drug-likeness (QED) is 0.334. The summed E-state index contributed by atoms with van der Waals surface area (Å²) in [6, 6.07) is 16.9. The first-order valence-corrected chi connectivity index (χ1v) is 11.4. The van der Waals surface area contributed by atoms with Gasteiger partial charge in [-0.15, -0.1) is 11.3 Å². The molecule has 1 amide bonds. The zero-order valence-electron chi connectivity index (χ0n) is 17.1. The van der Waals surface area contributed by atoms with Crippen molar-refractivity contribution in [2.24, 2.45) is 0 Å². The van der Waals surface area contributed by atoms with E-state index in [2.05, 4.69) is 67.0 Å². The Morgan fingerprint density at radius 1 is 1.16 bits per heavy atom. The van der Waals surface area contributed by atoms with Gasteiger partial charge in [-0.2, -0.15) is 0 Å². The van der Waals surface area contributed by atoms with Gasteiger partial charge in [-0.05, 0) is 41.1 Å². The molecule has 0 spiro atoms. The largest absolute Gasteiger partial charge is 0.333 e. The molecule has 2 aromatic carbocycles. The van der Waals surface area contributed by atoms with E-state index < -0.39 is 0 Å². The molecule has 2 aromatic heterocycles. The predicted molar refractivity (Wildman–Crippen MR) is 129 cm³/mol. The lowest BCUT2D eigenvalue weighted by atomic mass is 9.83. The van der Waals surface area contributed by atoms with Crippen LogP contribution in [0.2, 0.25) is 4.34 Å². The summed E-state index contributed by atoms with van der Waals surface area (Å²) in [6.07, 6.45) is 5.24. The van der Waals surface area contributed by atoms with Gasteiger partial charge in [0.05, 0.1) is 10.9 Å². The van der Waals surface area contributed by atoms with Crippen molar-refractivity contribution in [2.45, 2.75) is 19.4 Å². The van der Waals surface area contributed by atoms with Crippen LogP contribution in [0.15, 0.2) is 73.6 Å². The molecular weight excluding hydrogens is 424 g/mol. The van der Waals surface area contributed by atoms with Crippen LogP contribution in [0.4, 0.5) is 0 Å². The van der Waals surface area contributed by atoms with Crippen molar-refractivity contribution in [3.8, 4) is 11.1 Å². The number of fused-ring (bicyclic) bond motifs is 2. The second-order valence-electron chi connectivity index (χ2n) is 7.90. The topological polar surface area (TPSA) is 33.2 Å². The number of amides is 1. The monoisotopic (exact) mass is 444 g/mol. The molecule has 31 heavy (non-hydrogen) atoms. The van der Waals surface area contributed by atoms with Crippen LogP contribution in [0, 0.1) is 6.92 Å². The minimum absolute atomic E-state index is 0.0349. The normalized spacial score (nSPS) is 15.7. The number of carbonyl (C=O) groups is 1. The maximum absolute atomic E-state index is 12.5. The van der Waals surface area contributed by atoms with E-state index in [1.165, 1.54) is 28.2 Å². The molecule has 154 valence electrons. The van der Waals surface area contributed by atoms with Crippen molar-refractivity contribution in [3.05, 3.63) is 99.5 Å². The van der Waals surface area contributed by atoms with Gasteiger partial charge in [0.1, 0.15) is 0 Å². The first-order chi connectivity index (χ1) is 15.0. The molecule has 0 unspecified atom stereocenters. The lowest BCUT2D eigenvalue weighted by molar-refractivity contribution is -0.127. The number of thiophene rings is 1. The van der Waals surface area contributed by atoms with Crippen molar-refractivity contribution < 1.29 is 4.79 Å². The lowest BCUT2D eigenvalue weighted by Crippen LogP contribution is -2.37. The van der Waals surface area contributed by atoms with Crippen molar-refractivity contribution in [1.29, 1.82) is 0 Å².